The minimum atomic E-state index is -1.34. The molecule has 3 rings (SSSR count). The Morgan fingerprint density at radius 1 is 0.900 bits per heavy atom. The number of hydrogen-bond acceptors (Lipinski definition) is 4. The quantitative estimate of drug-likeness (QED) is 0.341. The third-order valence-electron chi connectivity index (χ3n) is 5.00. The van der Waals surface area contributed by atoms with Gasteiger partial charge in [-0.25, -0.2) is 9.47 Å². The maximum atomic E-state index is 13.1. The van der Waals surface area contributed by atoms with Crippen molar-refractivity contribution in [3.63, 3.8) is 0 Å². The summed E-state index contributed by atoms with van der Waals surface area (Å²) in [6, 6.07) is 19.5. The van der Waals surface area contributed by atoms with Gasteiger partial charge >= 0.3 is 0 Å². The van der Waals surface area contributed by atoms with E-state index in [4.69, 9.17) is 10.1 Å². The highest BCUT2D eigenvalue weighted by atomic mass is 32.2. The first-order chi connectivity index (χ1) is 14.5. The fourth-order valence-corrected chi connectivity index (χ4v) is 4.95. The Morgan fingerprint density at radius 2 is 1.50 bits per heavy atom. The van der Waals surface area contributed by atoms with Crippen LogP contribution >= 0.6 is 0 Å². The molecule has 0 saturated carbocycles. The van der Waals surface area contributed by atoms with Crippen LogP contribution in [-0.4, -0.2) is 9.47 Å². The van der Waals surface area contributed by atoms with Gasteiger partial charge in [0.05, 0.1) is 4.90 Å². The first-order valence-corrected chi connectivity index (χ1v) is 11.0. The van der Waals surface area contributed by atoms with Gasteiger partial charge in [0.15, 0.2) is 16.7 Å². The molecule has 2 N–H and O–H groups in total. The molecule has 1 unspecified atom stereocenters. The predicted molar refractivity (Wildman–Crippen MR) is 120 cm³/mol. The van der Waals surface area contributed by atoms with Crippen LogP contribution < -0.4 is 9.61 Å². The molecule has 0 heterocycles. The smallest absolute Gasteiger partial charge is 0.171 e. The normalized spacial score (nSPS) is 11.9. The lowest BCUT2D eigenvalue weighted by Crippen LogP contribution is -2.10. The Balaban J connectivity index is 1.70. The van der Waals surface area contributed by atoms with Gasteiger partial charge in [0.1, 0.15) is 0 Å². The van der Waals surface area contributed by atoms with Gasteiger partial charge in [0.25, 0.3) is 0 Å². The molecule has 0 aliphatic carbocycles. The van der Waals surface area contributed by atoms with Crippen molar-refractivity contribution in [1.29, 1.82) is 0 Å². The van der Waals surface area contributed by atoms with Gasteiger partial charge in [-0.05, 0) is 79.5 Å². The van der Waals surface area contributed by atoms with E-state index < -0.39 is 11.0 Å². The second-order valence-electron chi connectivity index (χ2n) is 7.37. The summed E-state index contributed by atoms with van der Waals surface area (Å²) in [7, 11) is -1.34. The number of anilines is 1. The molecule has 6 heteroatoms. The maximum absolute atomic E-state index is 13.1. The molecule has 3 aromatic carbocycles. The van der Waals surface area contributed by atoms with Gasteiger partial charge < -0.3 is 9.61 Å². The molecule has 158 valence electrons. The Hall–Kier alpha value is -2.67. The molecule has 5 nitrogen and oxygen atoms in total. The standard InChI is InChI=1S/C24H27NO4S/c1-17-15-18(2)24(19(3)16-17)30(27)25-22-13-6-4-9-20(22)11-8-12-21-10-5-7-14-23(21)28-29-26/h4-7,9-10,13-16,25-26H,8,11-12H2,1-3H3. The summed E-state index contributed by atoms with van der Waals surface area (Å²) in [5.74, 6) is 0.498. The van der Waals surface area contributed by atoms with Crippen LogP contribution in [0.1, 0.15) is 34.2 Å². The lowest BCUT2D eigenvalue weighted by atomic mass is 10.0. The lowest BCUT2D eigenvalue weighted by molar-refractivity contribution is -0.439. The van der Waals surface area contributed by atoms with E-state index in [-0.39, 0.29) is 0 Å². The Morgan fingerprint density at radius 3 is 2.20 bits per heavy atom. The van der Waals surface area contributed by atoms with Crippen LogP contribution in [0, 0.1) is 20.8 Å². The third kappa shape index (κ3) is 5.48. The number of benzene rings is 3. The van der Waals surface area contributed by atoms with Crippen LogP contribution in [0.4, 0.5) is 5.69 Å². The zero-order valence-corrected chi connectivity index (χ0v) is 18.3. The van der Waals surface area contributed by atoms with E-state index in [0.717, 1.165) is 52.1 Å². The van der Waals surface area contributed by atoms with E-state index >= 15 is 0 Å². The minimum Gasteiger partial charge on any atom is -0.308 e. The van der Waals surface area contributed by atoms with E-state index in [1.165, 1.54) is 5.56 Å². The lowest BCUT2D eigenvalue weighted by Gasteiger charge is -2.15. The van der Waals surface area contributed by atoms with Gasteiger partial charge in [-0.3, -0.25) is 0 Å². The van der Waals surface area contributed by atoms with Crippen molar-refractivity contribution in [2.45, 2.75) is 44.9 Å². The monoisotopic (exact) mass is 425 g/mol. The number of hydrogen-bond donors (Lipinski definition) is 2. The summed E-state index contributed by atoms with van der Waals surface area (Å²) in [6.45, 7) is 6.04. The molecule has 0 fully saturated rings. The summed E-state index contributed by atoms with van der Waals surface area (Å²) >= 11 is 0. The summed E-state index contributed by atoms with van der Waals surface area (Å²) in [4.78, 5) is 5.64. The van der Waals surface area contributed by atoms with Crippen LogP contribution in [0.5, 0.6) is 5.75 Å². The fourth-order valence-electron chi connectivity index (χ4n) is 3.75. The van der Waals surface area contributed by atoms with Crippen LogP contribution in [0.25, 0.3) is 0 Å². The Labute approximate surface area is 180 Å². The molecule has 1 atom stereocenters. The average molecular weight is 426 g/mol. The molecule has 0 aliphatic heterocycles. The zero-order valence-electron chi connectivity index (χ0n) is 17.5. The number of para-hydroxylation sites is 2. The Bertz CT molecular complexity index is 1010. The van der Waals surface area contributed by atoms with Crippen LogP contribution in [0.2, 0.25) is 0 Å². The fraction of sp³-hybridized carbons (Fsp3) is 0.250. The van der Waals surface area contributed by atoms with Crippen molar-refractivity contribution in [1.82, 2.24) is 0 Å². The minimum absolute atomic E-state index is 0.498. The number of nitrogens with one attached hydrogen (secondary N) is 1. The molecule has 0 aromatic heterocycles. The first kappa shape index (κ1) is 22.0. The van der Waals surface area contributed by atoms with Crippen molar-refractivity contribution < 1.29 is 19.4 Å². The van der Waals surface area contributed by atoms with E-state index in [9.17, 15) is 4.21 Å². The number of rotatable bonds is 9. The van der Waals surface area contributed by atoms with Crippen molar-refractivity contribution in [2.75, 3.05) is 4.72 Å². The molecule has 0 amide bonds. The highest BCUT2D eigenvalue weighted by molar-refractivity contribution is 7.86. The van der Waals surface area contributed by atoms with Crippen LogP contribution in [0.15, 0.2) is 65.6 Å². The molecular formula is C24H27NO4S. The van der Waals surface area contributed by atoms with E-state index in [0.29, 0.717) is 5.75 Å². The van der Waals surface area contributed by atoms with Crippen molar-refractivity contribution in [2.24, 2.45) is 0 Å². The van der Waals surface area contributed by atoms with E-state index in [2.05, 4.69) is 21.9 Å². The van der Waals surface area contributed by atoms with Gasteiger partial charge in [0, 0.05) is 5.69 Å². The molecule has 3 aromatic rings. The topological polar surface area (TPSA) is 67.8 Å². The van der Waals surface area contributed by atoms with Gasteiger partial charge in [-0.15, -0.1) is 0 Å². The second-order valence-corrected chi connectivity index (χ2v) is 8.52. The summed E-state index contributed by atoms with van der Waals surface area (Å²) < 4.78 is 16.3. The average Bonchev–Trinajstić information content (AvgIpc) is 2.70. The molecular weight excluding hydrogens is 398 g/mol. The summed E-state index contributed by atoms with van der Waals surface area (Å²) in [5, 5.41) is 12.4. The second kappa shape index (κ2) is 10.4. The molecule has 0 aliphatic rings. The predicted octanol–water partition coefficient (Wildman–Crippen LogP) is 5.71. The Kier molecular flexibility index (Phi) is 7.63. The molecule has 30 heavy (non-hydrogen) atoms. The van der Waals surface area contributed by atoms with Crippen molar-refractivity contribution in [3.05, 3.63) is 88.5 Å². The van der Waals surface area contributed by atoms with Crippen LogP contribution in [0.3, 0.4) is 0 Å². The van der Waals surface area contributed by atoms with Gasteiger partial charge in [-0.2, -0.15) is 0 Å². The molecule has 0 saturated heterocycles. The van der Waals surface area contributed by atoms with Gasteiger partial charge in [-0.1, -0.05) is 54.1 Å². The van der Waals surface area contributed by atoms with Crippen molar-refractivity contribution >= 4 is 16.7 Å². The largest absolute Gasteiger partial charge is 0.308 e. The molecule has 0 bridgehead atoms. The van der Waals surface area contributed by atoms with Crippen LogP contribution in [-0.2, 0) is 28.9 Å². The first-order valence-electron chi connectivity index (χ1n) is 9.89. The van der Waals surface area contributed by atoms with Crippen molar-refractivity contribution in [3.8, 4) is 5.75 Å². The highest BCUT2D eigenvalue weighted by Gasteiger charge is 2.13. The zero-order chi connectivity index (χ0) is 21.5. The SMILES string of the molecule is Cc1cc(C)c(S(=O)Nc2ccccc2CCCc2ccccc2OOO)c(C)c1. The highest BCUT2D eigenvalue weighted by Crippen LogP contribution is 2.25. The summed E-state index contributed by atoms with van der Waals surface area (Å²) in [6.07, 6.45) is 2.42. The number of aryl methyl sites for hydroxylation is 5. The van der Waals surface area contributed by atoms with E-state index in [1.54, 1.807) is 6.07 Å². The summed E-state index contributed by atoms with van der Waals surface area (Å²) in [5.41, 5.74) is 6.15. The third-order valence-corrected chi connectivity index (χ3v) is 6.42. The molecule has 0 spiro atoms. The van der Waals surface area contributed by atoms with Gasteiger partial charge in [0.2, 0.25) is 0 Å². The maximum Gasteiger partial charge on any atom is 0.171 e. The molecule has 0 radical (unpaired) electrons. The van der Waals surface area contributed by atoms with E-state index in [1.807, 2.05) is 63.2 Å².